The maximum atomic E-state index is 12.2. The van der Waals surface area contributed by atoms with Crippen molar-refractivity contribution >= 4 is 5.78 Å². The minimum absolute atomic E-state index is 0.0575. The van der Waals surface area contributed by atoms with Gasteiger partial charge in [-0.15, -0.1) is 0 Å². The molecule has 1 aromatic rings. The number of nitrogens with zero attached hydrogens (tertiary/aromatic N) is 1. The molecule has 0 amide bonds. The second-order valence-corrected chi connectivity index (χ2v) is 3.83. The molecule has 4 nitrogen and oxygen atoms in total. The number of Topliss-reactive ketones (excluding diaryl/α,β-unsaturated/α-hetero) is 1. The van der Waals surface area contributed by atoms with Crippen molar-refractivity contribution in [3.8, 4) is 6.07 Å². The second-order valence-electron chi connectivity index (χ2n) is 3.83. The molecule has 1 rings (SSSR count). The number of alkyl halides is 3. The lowest BCUT2D eigenvalue weighted by atomic mass is 9.99. The summed E-state index contributed by atoms with van der Waals surface area (Å²) in [5.41, 5.74) is -0.689. The normalized spacial score (nSPS) is 14.5. The Kier molecular flexibility index (Phi) is 4.64. The van der Waals surface area contributed by atoms with Crippen LogP contribution in [0.5, 0.6) is 0 Å². The van der Waals surface area contributed by atoms with Gasteiger partial charge in [-0.3, -0.25) is 4.79 Å². The number of benzene rings is 1. The highest BCUT2D eigenvalue weighted by Crippen LogP contribution is 2.25. The molecular weight excluding hydrogens is 263 g/mol. The van der Waals surface area contributed by atoms with E-state index in [-0.39, 0.29) is 12.0 Å². The third-order valence-corrected chi connectivity index (χ3v) is 2.41. The number of aliphatic hydroxyl groups excluding tert-OH is 2. The van der Waals surface area contributed by atoms with Crippen LogP contribution in [0, 0.1) is 11.3 Å². The van der Waals surface area contributed by atoms with Gasteiger partial charge in [0, 0.05) is 5.56 Å². The number of carbonyl (C=O) groups excluding carboxylic acids is 1. The molecule has 0 aliphatic rings. The second kappa shape index (κ2) is 5.82. The van der Waals surface area contributed by atoms with Gasteiger partial charge >= 0.3 is 6.18 Å². The van der Waals surface area contributed by atoms with Crippen LogP contribution in [0.2, 0.25) is 0 Å². The largest absolute Gasteiger partial charge is 0.454 e. The molecule has 0 fully saturated rings. The van der Waals surface area contributed by atoms with Crippen LogP contribution in [0.3, 0.4) is 0 Å². The Balaban J connectivity index is 3.01. The molecule has 0 heterocycles. The van der Waals surface area contributed by atoms with Crippen molar-refractivity contribution in [3.63, 3.8) is 0 Å². The first-order valence-electron chi connectivity index (χ1n) is 5.22. The number of aliphatic hydroxyl groups is 2. The predicted molar refractivity (Wildman–Crippen MR) is 58.0 cm³/mol. The number of carbonyl (C=O) groups is 1. The summed E-state index contributed by atoms with van der Waals surface area (Å²) in [6.07, 6.45) is -8.34. The third-order valence-electron chi connectivity index (χ3n) is 2.41. The smallest absolute Gasteiger partial charge is 0.389 e. The maximum absolute atomic E-state index is 12.2. The van der Waals surface area contributed by atoms with Gasteiger partial charge in [0.05, 0.1) is 18.6 Å². The summed E-state index contributed by atoms with van der Waals surface area (Å²) in [6, 6.07) is 5.86. The van der Waals surface area contributed by atoms with Crippen molar-refractivity contribution in [2.75, 3.05) is 0 Å². The Labute approximate surface area is 106 Å². The molecule has 0 saturated carbocycles. The van der Waals surface area contributed by atoms with E-state index >= 15 is 0 Å². The van der Waals surface area contributed by atoms with E-state index in [1.807, 2.05) is 0 Å². The highest BCUT2D eigenvalue weighted by molar-refractivity contribution is 6.00. The Bertz CT molecular complexity index is 508. The molecule has 0 spiro atoms. The molecule has 0 bridgehead atoms. The molecule has 0 aromatic heterocycles. The Morgan fingerprint density at radius 2 is 2.00 bits per heavy atom. The van der Waals surface area contributed by atoms with E-state index in [9.17, 15) is 28.2 Å². The van der Waals surface area contributed by atoms with Crippen molar-refractivity contribution in [2.24, 2.45) is 0 Å². The van der Waals surface area contributed by atoms with Crippen LogP contribution in [0.15, 0.2) is 24.3 Å². The fourth-order valence-electron chi connectivity index (χ4n) is 1.45. The molecule has 0 aliphatic carbocycles. The molecule has 1 aromatic carbocycles. The summed E-state index contributed by atoms with van der Waals surface area (Å²) in [7, 11) is 0. The zero-order valence-electron chi connectivity index (χ0n) is 9.55. The Hall–Kier alpha value is -1.91. The molecule has 2 unspecified atom stereocenters. The molecule has 0 saturated heterocycles. The van der Waals surface area contributed by atoms with Gasteiger partial charge < -0.3 is 10.2 Å². The predicted octanol–water partition coefficient (Wildman–Crippen LogP) is 1.74. The van der Waals surface area contributed by atoms with Gasteiger partial charge in [-0.25, -0.2) is 0 Å². The number of rotatable bonds is 4. The summed E-state index contributed by atoms with van der Waals surface area (Å²) >= 11 is 0. The van der Waals surface area contributed by atoms with Gasteiger partial charge in [0.1, 0.15) is 6.10 Å². The van der Waals surface area contributed by atoms with Crippen molar-refractivity contribution in [1.29, 1.82) is 5.26 Å². The highest BCUT2D eigenvalue weighted by Gasteiger charge is 2.39. The van der Waals surface area contributed by atoms with E-state index < -0.39 is 29.7 Å². The van der Waals surface area contributed by atoms with E-state index in [0.29, 0.717) is 0 Å². The van der Waals surface area contributed by atoms with Crippen LogP contribution in [0.25, 0.3) is 0 Å². The number of ketones is 1. The van der Waals surface area contributed by atoms with E-state index in [0.717, 1.165) is 18.2 Å². The fraction of sp³-hybridized carbons (Fsp3) is 0.333. The topological polar surface area (TPSA) is 81.3 Å². The summed E-state index contributed by atoms with van der Waals surface area (Å²) in [4.78, 5) is 11.0. The van der Waals surface area contributed by atoms with Gasteiger partial charge in [-0.05, 0) is 11.6 Å². The van der Waals surface area contributed by atoms with Gasteiger partial charge in [-0.2, -0.15) is 18.4 Å². The lowest BCUT2D eigenvalue weighted by Gasteiger charge is -2.16. The number of hydrogen-bond donors (Lipinski definition) is 2. The van der Waals surface area contributed by atoms with Crippen LogP contribution < -0.4 is 0 Å². The molecule has 0 aliphatic heterocycles. The summed E-state index contributed by atoms with van der Waals surface area (Å²) in [6.45, 7) is 0. The first kappa shape index (κ1) is 15.1. The van der Waals surface area contributed by atoms with Crippen LogP contribution >= 0.6 is 0 Å². The quantitative estimate of drug-likeness (QED) is 0.819. The summed E-state index contributed by atoms with van der Waals surface area (Å²) in [5.74, 6) is -2.03. The molecule has 2 N–H and O–H groups in total. The lowest BCUT2D eigenvalue weighted by Crippen LogP contribution is -2.23. The van der Waals surface area contributed by atoms with Crippen LogP contribution in [0.4, 0.5) is 13.2 Å². The molecule has 0 radical (unpaired) electrons. The average Bonchev–Trinajstić information content (AvgIpc) is 2.36. The minimum atomic E-state index is -5.01. The van der Waals surface area contributed by atoms with E-state index in [1.165, 1.54) is 6.07 Å². The lowest BCUT2D eigenvalue weighted by molar-refractivity contribution is -0.0885. The van der Waals surface area contributed by atoms with Gasteiger partial charge in [0.25, 0.3) is 5.78 Å². The molecular formula is C12H10F3NO3. The zero-order valence-corrected chi connectivity index (χ0v) is 9.55. The molecule has 7 heteroatoms. The maximum Gasteiger partial charge on any atom is 0.454 e. The van der Waals surface area contributed by atoms with Gasteiger partial charge in [-0.1, -0.05) is 18.2 Å². The van der Waals surface area contributed by atoms with Crippen LogP contribution in [-0.4, -0.2) is 28.3 Å². The zero-order chi connectivity index (χ0) is 14.6. The average molecular weight is 273 g/mol. The van der Waals surface area contributed by atoms with Crippen LogP contribution in [-0.2, 0) is 0 Å². The molecule has 19 heavy (non-hydrogen) atoms. The Morgan fingerprint density at radius 3 is 2.53 bits per heavy atom. The first-order valence-corrected chi connectivity index (χ1v) is 5.22. The molecule has 102 valence electrons. The first-order chi connectivity index (χ1) is 8.77. The number of hydrogen-bond acceptors (Lipinski definition) is 4. The number of nitriles is 1. The van der Waals surface area contributed by atoms with Crippen LogP contribution in [0.1, 0.15) is 28.4 Å². The van der Waals surface area contributed by atoms with E-state index in [4.69, 9.17) is 5.26 Å². The monoisotopic (exact) mass is 273 g/mol. The van der Waals surface area contributed by atoms with Crippen molar-refractivity contribution < 1.29 is 28.2 Å². The van der Waals surface area contributed by atoms with Gasteiger partial charge in [0.2, 0.25) is 0 Å². The number of halogens is 3. The fourth-order valence-corrected chi connectivity index (χ4v) is 1.45. The van der Waals surface area contributed by atoms with Gasteiger partial charge in [0.15, 0.2) is 0 Å². The van der Waals surface area contributed by atoms with E-state index in [1.54, 1.807) is 6.07 Å². The van der Waals surface area contributed by atoms with Crippen molar-refractivity contribution in [3.05, 3.63) is 35.4 Å². The highest BCUT2D eigenvalue weighted by atomic mass is 19.4. The standard InChI is InChI=1S/C12H10F3NO3/c13-12(14,15)11(19)8-3-1-2-7(6-8)10(18)9(17)4-5-16/h1-3,6,9-10,17-18H,4H2. The van der Waals surface area contributed by atoms with Crippen molar-refractivity contribution in [1.82, 2.24) is 0 Å². The third kappa shape index (κ3) is 3.77. The minimum Gasteiger partial charge on any atom is -0.389 e. The summed E-state index contributed by atoms with van der Waals surface area (Å²) in [5, 5.41) is 27.4. The summed E-state index contributed by atoms with van der Waals surface area (Å²) < 4.78 is 36.7. The molecule has 2 atom stereocenters. The Morgan fingerprint density at radius 1 is 1.37 bits per heavy atom. The van der Waals surface area contributed by atoms with Crippen molar-refractivity contribution in [2.45, 2.75) is 24.8 Å². The van der Waals surface area contributed by atoms with E-state index in [2.05, 4.69) is 0 Å². The SMILES string of the molecule is N#CCC(O)C(O)c1cccc(C(=O)C(F)(F)F)c1.